The van der Waals surface area contributed by atoms with E-state index in [9.17, 15) is 9.90 Å². The van der Waals surface area contributed by atoms with Crippen LogP contribution in [0.4, 0.5) is 0 Å². The zero-order valence-corrected chi connectivity index (χ0v) is 15.1. The number of aromatic carboxylic acids is 1. The molecule has 1 fully saturated rings. The Hall–Kier alpha value is -1.46. The zero-order chi connectivity index (χ0) is 17.4. The third-order valence-corrected chi connectivity index (χ3v) is 5.61. The van der Waals surface area contributed by atoms with Crippen LogP contribution in [0.25, 0.3) is 0 Å². The first-order chi connectivity index (χ1) is 11.4. The number of hydrogen-bond donors (Lipinski definition) is 1. The fraction of sp³-hybridized carbons (Fsp3) is 0.611. The Labute approximate surface area is 147 Å². The Balaban J connectivity index is 1.78. The van der Waals surface area contributed by atoms with Crippen molar-refractivity contribution in [3.05, 3.63) is 22.2 Å². The molecule has 1 aliphatic heterocycles. The number of halogens is 1. The van der Waals surface area contributed by atoms with Crippen LogP contribution in [0, 0.1) is 12.8 Å². The van der Waals surface area contributed by atoms with Gasteiger partial charge in [0.25, 0.3) is 0 Å². The SMILES string of the molecule is Cc1c(C(=O)O)cc(Cl)c2c1O[C@@H](C1CCC(N(C)C)CC1)CO2. The maximum Gasteiger partial charge on any atom is 0.336 e. The van der Waals surface area contributed by atoms with Crippen molar-refractivity contribution in [2.45, 2.75) is 44.8 Å². The number of fused-ring (bicyclic) bond motifs is 1. The highest BCUT2D eigenvalue weighted by Gasteiger charge is 2.35. The Morgan fingerprint density at radius 3 is 2.50 bits per heavy atom. The Morgan fingerprint density at radius 2 is 1.92 bits per heavy atom. The van der Waals surface area contributed by atoms with Crippen LogP contribution in [0.15, 0.2) is 6.07 Å². The molecule has 0 aromatic heterocycles. The van der Waals surface area contributed by atoms with Crippen molar-refractivity contribution in [1.29, 1.82) is 0 Å². The molecule has 1 N–H and O–H groups in total. The van der Waals surface area contributed by atoms with Crippen molar-refractivity contribution in [3.8, 4) is 11.5 Å². The van der Waals surface area contributed by atoms with Gasteiger partial charge in [0.05, 0.1) is 10.6 Å². The minimum absolute atomic E-state index is 0.0422. The summed E-state index contributed by atoms with van der Waals surface area (Å²) in [4.78, 5) is 13.7. The highest BCUT2D eigenvalue weighted by Crippen LogP contribution is 2.44. The molecule has 3 rings (SSSR count). The third kappa shape index (κ3) is 3.20. The average molecular weight is 354 g/mol. The van der Waals surface area contributed by atoms with Gasteiger partial charge in [-0.15, -0.1) is 0 Å². The molecule has 1 atom stereocenters. The molecule has 1 heterocycles. The lowest BCUT2D eigenvalue weighted by molar-refractivity contribution is 0.0238. The second kappa shape index (κ2) is 6.81. The van der Waals surface area contributed by atoms with Crippen molar-refractivity contribution in [1.82, 2.24) is 4.90 Å². The van der Waals surface area contributed by atoms with E-state index < -0.39 is 5.97 Å². The third-order valence-electron chi connectivity index (χ3n) is 5.33. The molecule has 1 saturated carbocycles. The number of benzene rings is 1. The molecular formula is C18H24ClNO4. The molecule has 0 bridgehead atoms. The van der Waals surface area contributed by atoms with E-state index in [1.54, 1.807) is 6.92 Å². The molecule has 0 radical (unpaired) electrons. The van der Waals surface area contributed by atoms with Gasteiger partial charge in [-0.2, -0.15) is 0 Å². The monoisotopic (exact) mass is 353 g/mol. The van der Waals surface area contributed by atoms with E-state index in [4.69, 9.17) is 21.1 Å². The van der Waals surface area contributed by atoms with E-state index >= 15 is 0 Å². The standard InChI is InChI=1S/C18H24ClNO4/c1-10-13(18(21)22)8-14(19)17-16(10)24-15(9-23-17)11-4-6-12(7-5-11)20(2)3/h8,11-12,15H,4-7,9H2,1-3H3,(H,21,22)/t11?,12?,15-/m1/s1. The van der Waals surface area contributed by atoms with Crippen molar-refractivity contribution in [2.24, 2.45) is 5.92 Å². The molecule has 1 aliphatic carbocycles. The first-order valence-electron chi connectivity index (χ1n) is 8.40. The van der Waals surface area contributed by atoms with Gasteiger partial charge < -0.3 is 19.5 Å². The normalized spacial score (nSPS) is 26.5. The smallest absolute Gasteiger partial charge is 0.336 e. The molecule has 6 heteroatoms. The van der Waals surface area contributed by atoms with Crippen LogP contribution in [0.1, 0.15) is 41.6 Å². The lowest BCUT2D eigenvalue weighted by atomic mass is 9.82. The summed E-state index contributed by atoms with van der Waals surface area (Å²) in [5.41, 5.74) is 0.743. The number of hydrogen-bond acceptors (Lipinski definition) is 4. The van der Waals surface area contributed by atoms with Crippen LogP contribution in [0.2, 0.25) is 5.02 Å². The summed E-state index contributed by atoms with van der Waals surface area (Å²) in [6.45, 7) is 2.21. The van der Waals surface area contributed by atoms with Crippen molar-refractivity contribution in [3.63, 3.8) is 0 Å². The van der Waals surface area contributed by atoms with Gasteiger partial charge in [-0.25, -0.2) is 4.79 Å². The number of carboxylic acid groups (broad SMARTS) is 1. The van der Waals surface area contributed by atoms with Crippen molar-refractivity contribution < 1.29 is 19.4 Å². The topological polar surface area (TPSA) is 59.0 Å². The van der Waals surface area contributed by atoms with E-state index in [0.717, 1.165) is 25.7 Å². The van der Waals surface area contributed by atoms with E-state index in [0.29, 0.717) is 40.7 Å². The zero-order valence-electron chi connectivity index (χ0n) is 14.3. The number of carboxylic acids is 1. The highest BCUT2D eigenvalue weighted by atomic mass is 35.5. The van der Waals surface area contributed by atoms with Gasteiger partial charge in [-0.1, -0.05) is 11.6 Å². The molecule has 5 nitrogen and oxygen atoms in total. The van der Waals surface area contributed by atoms with Crippen LogP contribution in [-0.4, -0.2) is 48.8 Å². The molecule has 0 amide bonds. The molecule has 1 aromatic carbocycles. The molecule has 2 aliphatic rings. The van der Waals surface area contributed by atoms with Crippen LogP contribution in [-0.2, 0) is 0 Å². The molecule has 0 spiro atoms. The lowest BCUT2D eigenvalue weighted by Gasteiger charge is -2.38. The maximum absolute atomic E-state index is 11.4. The van der Waals surface area contributed by atoms with E-state index in [-0.39, 0.29) is 11.7 Å². The first kappa shape index (κ1) is 17.4. The summed E-state index contributed by atoms with van der Waals surface area (Å²) < 4.78 is 12.0. The lowest BCUT2D eigenvalue weighted by Crippen LogP contribution is -2.41. The van der Waals surface area contributed by atoms with Gasteiger partial charge in [-0.05, 0) is 58.7 Å². The van der Waals surface area contributed by atoms with Gasteiger partial charge in [0.1, 0.15) is 12.7 Å². The van der Waals surface area contributed by atoms with Crippen LogP contribution >= 0.6 is 11.6 Å². The fourth-order valence-corrected chi connectivity index (χ4v) is 4.02. The van der Waals surface area contributed by atoms with Gasteiger partial charge in [0, 0.05) is 11.6 Å². The average Bonchev–Trinajstić information content (AvgIpc) is 2.57. The predicted octanol–water partition coefficient (Wildman–Crippen LogP) is 3.61. The minimum atomic E-state index is -1.01. The van der Waals surface area contributed by atoms with E-state index in [2.05, 4.69) is 19.0 Å². The summed E-state index contributed by atoms with van der Waals surface area (Å²) in [5.74, 6) is 0.388. The van der Waals surface area contributed by atoms with Crippen molar-refractivity contribution in [2.75, 3.05) is 20.7 Å². The number of ether oxygens (including phenoxy) is 2. The molecule has 0 unspecified atom stereocenters. The van der Waals surface area contributed by atoms with Gasteiger partial charge in [0.15, 0.2) is 11.5 Å². The van der Waals surface area contributed by atoms with Gasteiger partial charge in [-0.3, -0.25) is 0 Å². The van der Waals surface area contributed by atoms with E-state index in [1.807, 2.05) is 0 Å². The molecular weight excluding hydrogens is 330 g/mol. The Kier molecular flexibility index (Phi) is 4.92. The van der Waals surface area contributed by atoms with Gasteiger partial charge >= 0.3 is 5.97 Å². The Bertz CT molecular complexity index is 638. The molecule has 132 valence electrons. The second-order valence-electron chi connectivity index (χ2n) is 6.99. The first-order valence-corrected chi connectivity index (χ1v) is 8.78. The summed E-state index contributed by atoms with van der Waals surface area (Å²) in [7, 11) is 4.25. The highest BCUT2D eigenvalue weighted by molar-refractivity contribution is 6.32. The largest absolute Gasteiger partial charge is 0.484 e. The molecule has 1 aromatic rings. The molecule has 0 saturated heterocycles. The summed E-state index contributed by atoms with van der Waals surface area (Å²) >= 11 is 6.18. The summed E-state index contributed by atoms with van der Waals surface area (Å²) in [6, 6.07) is 2.07. The predicted molar refractivity (Wildman–Crippen MR) is 92.5 cm³/mol. The van der Waals surface area contributed by atoms with Crippen molar-refractivity contribution >= 4 is 17.6 Å². The number of carbonyl (C=O) groups is 1. The van der Waals surface area contributed by atoms with E-state index in [1.165, 1.54) is 6.07 Å². The van der Waals surface area contributed by atoms with Crippen LogP contribution in [0.5, 0.6) is 11.5 Å². The van der Waals surface area contributed by atoms with Crippen LogP contribution in [0.3, 0.4) is 0 Å². The second-order valence-corrected chi connectivity index (χ2v) is 7.40. The fourth-order valence-electron chi connectivity index (χ4n) is 3.77. The minimum Gasteiger partial charge on any atom is -0.484 e. The number of rotatable bonds is 3. The summed E-state index contributed by atoms with van der Waals surface area (Å²) in [5, 5.41) is 9.62. The molecule has 24 heavy (non-hydrogen) atoms. The summed E-state index contributed by atoms with van der Waals surface area (Å²) in [6.07, 6.45) is 4.45. The van der Waals surface area contributed by atoms with Crippen LogP contribution < -0.4 is 9.47 Å². The number of nitrogens with zero attached hydrogens (tertiary/aromatic N) is 1. The Morgan fingerprint density at radius 1 is 1.25 bits per heavy atom. The van der Waals surface area contributed by atoms with Gasteiger partial charge in [0.2, 0.25) is 0 Å². The quantitative estimate of drug-likeness (QED) is 0.899. The maximum atomic E-state index is 11.4.